The van der Waals surface area contributed by atoms with Gasteiger partial charge in [-0.3, -0.25) is 4.98 Å². The molecule has 2 rings (SSSR count). The second kappa shape index (κ2) is 3.65. The minimum absolute atomic E-state index is 0.171. The summed E-state index contributed by atoms with van der Waals surface area (Å²) in [5.41, 5.74) is 2.45. The van der Waals surface area contributed by atoms with Crippen LogP contribution in [0.1, 0.15) is 32.9 Å². The molecule has 0 bridgehead atoms. The number of pyridine rings is 1. The van der Waals surface area contributed by atoms with Gasteiger partial charge < -0.3 is 0 Å². The van der Waals surface area contributed by atoms with E-state index in [4.69, 9.17) is 4.98 Å². The van der Waals surface area contributed by atoms with Gasteiger partial charge in [0.05, 0.1) is 5.52 Å². The molecule has 78 valence electrons. The zero-order chi connectivity index (χ0) is 10.9. The van der Waals surface area contributed by atoms with Gasteiger partial charge in [0.2, 0.25) is 0 Å². The maximum atomic E-state index is 4.72. The normalized spacial score (nSPS) is 11.9. The summed E-state index contributed by atoms with van der Waals surface area (Å²) in [6.07, 6.45) is 1.11. The molecule has 0 aliphatic heterocycles. The molecule has 1 heteroatoms. The molecular weight excluding hydrogens is 182 g/mol. The van der Waals surface area contributed by atoms with Crippen molar-refractivity contribution in [3.05, 3.63) is 42.1 Å². The Bertz CT molecular complexity index is 471. The molecule has 0 aliphatic rings. The summed E-state index contributed by atoms with van der Waals surface area (Å²) in [7, 11) is 0. The van der Waals surface area contributed by atoms with Gasteiger partial charge >= 0.3 is 0 Å². The molecule has 0 atom stereocenters. The third kappa shape index (κ3) is 1.87. The fraction of sp³-hybridized carbons (Fsp3) is 0.357. The van der Waals surface area contributed by atoms with Crippen LogP contribution in [-0.4, -0.2) is 4.98 Å². The van der Waals surface area contributed by atoms with Crippen LogP contribution in [0.4, 0.5) is 0 Å². The Morgan fingerprint density at radius 2 is 1.80 bits per heavy atom. The van der Waals surface area contributed by atoms with Gasteiger partial charge in [-0.05, 0) is 18.6 Å². The predicted octanol–water partition coefficient (Wildman–Crippen LogP) is 3.92. The molecule has 0 N–H and O–H groups in total. The lowest BCUT2D eigenvalue weighted by Crippen LogP contribution is -2.17. The number of hydrogen-bond acceptors (Lipinski definition) is 1. The highest BCUT2D eigenvalue weighted by atomic mass is 14.7. The lowest BCUT2D eigenvalue weighted by molar-refractivity contribution is 0.492. The van der Waals surface area contributed by atoms with Crippen molar-refractivity contribution in [3.63, 3.8) is 0 Å². The van der Waals surface area contributed by atoms with Crippen molar-refractivity contribution in [2.75, 3.05) is 0 Å². The van der Waals surface area contributed by atoms with Gasteiger partial charge in [-0.1, -0.05) is 45.0 Å². The molecule has 1 heterocycles. The molecule has 0 aliphatic carbocycles. The number of fused-ring (bicyclic) bond motifs is 1. The summed E-state index contributed by atoms with van der Waals surface area (Å²) in [6.45, 7) is 6.69. The van der Waals surface area contributed by atoms with Crippen LogP contribution in [0.25, 0.3) is 10.9 Å². The Morgan fingerprint density at radius 3 is 2.53 bits per heavy atom. The van der Waals surface area contributed by atoms with Crippen molar-refractivity contribution in [2.45, 2.75) is 32.6 Å². The van der Waals surface area contributed by atoms with Gasteiger partial charge in [-0.2, -0.15) is 0 Å². The molecular formula is C14H17N. The summed E-state index contributed by atoms with van der Waals surface area (Å²) < 4.78 is 0. The highest BCUT2D eigenvalue weighted by Gasteiger charge is 2.19. The van der Waals surface area contributed by atoms with Gasteiger partial charge in [0.25, 0.3) is 0 Å². The minimum atomic E-state index is 0.171. The fourth-order valence-electron chi connectivity index (χ4n) is 1.62. The highest BCUT2D eigenvalue weighted by Crippen LogP contribution is 2.26. The van der Waals surface area contributed by atoms with E-state index in [1.165, 1.54) is 11.1 Å². The van der Waals surface area contributed by atoms with Crippen LogP contribution in [0.3, 0.4) is 0 Å². The first-order valence-electron chi connectivity index (χ1n) is 5.50. The summed E-state index contributed by atoms with van der Waals surface area (Å²) >= 11 is 0. The van der Waals surface area contributed by atoms with Crippen molar-refractivity contribution < 1.29 is 0 Å². The number of para-hydroxylation sites is 1. The van der Waals surface area contributed by atoms with E-state index in [1.807, 2.05) is 6.07 Å². The van der Waals surface area contributed by atoms with Crippen molar-refractivity contribution >= 4 is 10.9 Å². The summed E-state index contributed by atoms with van der Waals surface area (Å²) in [5, 5.41) is 1.22. The van der Waals surface area contributed by atoms with E-state index >= 15 is 0 Å². The molecule has 1 aromatic carbocycles. The standard InChI is InChI=1S/C14H17N/c1-4-14(2,3)13-10-9-11-7-5-6-8-12(11)15-13/h5-10H,4H2,1-3H3. The Kier molecular flexibility index (Phi) is 2.47. The maximum absolute atomic E-state index is 4.72. The third-order valence-electron chi connectivity index (χ3n) is 3.18. The SMILES string of the molecule is CCC(C)(C)c1ccc2ccccc2n1. The van der Waals surface area contributed by atoms with Gasteiger partial charge in [-0.25, -0.2) is 0 Å². The molecule has 2 aromatic rings. The monoisotopic (exact) mass is 199 g/mol. The van der Waals surface area contributed by atoms with Crippen LogP contribution >= 0.6 is 0 Å². The van der Waals surface area contributed by atoms with Crippen LogP contribution in [-0.2, 0) is 5.41 Å². The Morgan fingerprint density at radius 1 is 1.07 bits per heavy atom. The maximum Gasteiger partial charge on any atom is 0.0705 e. The average Bonchev–Trinajstić information content (AvgIpc) is 2.28. The molecule has 15 heavy (non-hydrogen) atoms. The second-order valence-electron chi connectivity index (χ2n) is 4.63. The van der Waals surface area contributed by atoms with Crippen LogP contribution in [0.15, 0.2) is 36.4 Å². The quantitative estimate of drug-likeness (QED) is 0.714. The molecule has 0 radical (unpaired) electrons. The largest absolute Gasteiger partial charge is 0.252 e. The molecule has 0 fully saturated rings. The zero-order valence-electron chi connectivity index (χ0n) is 9.62. The molecule has 0 amide bonds. The van der Waals surface area contributed by atoms with E-state index < -0.39 is 0 Å². The van der Waals surface area contributed by atoms with Gasteiger partial charge in [0.15, 0.2) is 0 Å². The average molecular weight is 199 g/mol. The van der Waals surface area contributed by atoms with E-state index in [9.17, 15) is 0 Å². The van der Waals surface area contributed by atoms with Gasteiger partial charge in [-0.15, -0.1) is 0 Å². The van der Waals surface area contributed by atoms with Gasteiger partial charge in [0.1, 0.15) is 0 Å². The molecule has 0 unspecified atom stereocenters. The number of hydrogen-bond donors (Lipinski definition) is 0. The molecule has 0 saturated carbocycles. The Labute approximate surface area is 91.2 Å². The predicted molar refractivity (Wildman–Crippen MR) is 65.1 cm³/mol. The molecule has 0 saturated heterocycles. The first-order valence-corrected chi connectivity index (χ1v) is 5.50. The Balaban J connectivity index is 2.56. The van der Waals surface area contributed by atoms with Crippen LogP contribution in [0.5, 0.6) is 0 Å². The van der Waals surface area contributed by atoms with Crippen molar-refractivity contribution in [1.82, 2.24) is 4.98 Å². The van der Waals surface area contributed by atoms with Gasteiger partial charge in [0, 0.05) is 16.5 Å². The van der Waals surface area contributed by atoms with Crippen molar-refractivity contribution in [1.29, 1.82) is 0 Å². The summed E-state index contributed by atoms with van der Waals surface area (Å²) in [4.78, 5) is 4.72. The highest BCUT2D eigenvalue weighted by molar-refractivity contribution is 5.78. The topological polar surface area (TPSA) is 12.9 Å². The first-order chi connectivity index (χ1) is 7.13. The number of aromatic nitrogens is 1. The lowest BCUT2D eigenvalue weighted by atomic mass is 9.86. The van der Waals surface area contributed by atoms with E-state index in [-0.39, 0.29) is 5.41 Å². The minimum Gasteiger partial charge on any atom is -0.252 e. The second-order valence-corrected chi connectivity index (χ2v) is 4.63. The number of benzene rings is 1. The summed E-state index contributed by atoms with van der Waals surface area (Å²) in [5.74, 6) is 0. The number of nitrogens with zero attached hydrogens (tertiary/aromatic N) is 1. The van der Waals surface area contributed by atoms with E-state index in [2.05, 4.69) is 51.1 Å². The molecule has 1 aromatic heterocycles. The van der Waals surface area contributed by atoms with Crippen LogP contribution in [0.2, 0.25) is 0 Å². The van der Waals surface area contributed by atoms with Crippen LogP contribution in [0, 0.1) is 0 Å². The smallest absolute Gasteiger partial charge is 0.0705 e. The van der Waals surface area contributed by atoms with Crippen LogP contribution < -0.4 is 0 Å². The summed E-state index contributed by atoms with van der Waals surface area (Å²) in [6, 6.07) is 12.6. The first kappa shape index (κ1) is 10.2. The Hall–Kier alpha value is -1.37. The molecule has 1 nitrogen and oxygen atoms in total. The fourth-order valence-corrected chi connectivity index (χ4v) is 1.62. The molecule has 0 spiro atoms. The van der Waals surface area contributed by atoms with E-state index in [0.29, 0.717) is 0 Å². The van der Waals surface area contributed by atoms with Crippen molar-refractivity contribution in [2.24, 2.45) is 0 Å². The zero-order valence-corrected chi connectivity index (χ0v) is 9.62. The third-order valence-corrected chi connectivity index (χ3v) is 3.18. The van der Waals surface area contributed by atoms with E-state index in [1.54, 1.807) is 0 Å². The number of rotatable bonds is 2. The van der Waals surface area contributed by atoms with E-state index in [0.717, 1.165) is 11.9 Å². The van der Waals surface area contributed by atoms with Crippen molar-refractivity contribution in [3.8, 4) is 0 Å². The lowest BCUT2D eigenvalue weighted by Gasteiger charge is -2.22.